The summed E-state index contributed by atoms with van der Waals surface area (Å²) in [5, 5.41) is 0. The highest BCUT2D eigenvalue weighted by atomic mass is 32.1. The van der Waals surface area contributed by atoms with Crippen LogP contribution in [-0.2, 0) is 13.1 Å². The summed E-state index contributed by atoms with van der Waals surface area (Å²) in [7, 11) is 0. The molecule has 0 spiro atoms. The summed E-state index contributed by atoms with van der Waals surface area (Å²) in [5.74, 6) is -1.22. The fourth-order valence-corrected chi connectivity index (χ4v) is 4.67. The van der Waals surface area contributed by atoms with Crippen LogP contribution in [-0.4, -0.2) is 33.4 Å². The number of hydrogen-bond donors (Lipinski definition) is 0. The van der Waals surface area contributed by atoms with Crippen molar-refractivity contribution in [1.82, 2.24) is 9.80 Å². The van der Waals surface area contributed by atoms with Crippen molar-refractivity contribution in [3.05, 3.63) is 92.7 Å². The zero-order valence-corrected chi connectivity index (χ0v) is 15.9. The highest BCUT2D eigenvalue weighted by Gasteiger charge is 2.36. The monoisotopic (exact) mass is 402 g/mol. The molecule has 0 aliphatic carbocycles. The van der Waals surface area contributed by atoms with Crippen LogP contribution in [0.5, 0.6) is 0 Å². The minimum atomic E-state index is -0.305. The summed E-state index contributed by atoms with van der Waals surface area (Å²) < 4.78 is 0. The molecule has 0 N–H and O–H groups in total. The molecule has 0 atom stereocenters. The predicted molar refractivity (Wildman–Crippen MR) is 106 cm³/mol. The number of carbonyl (C=O) groups is 4. The number of rotatable bonds is 4. The van der Waals surface area contributed by atoms with Crippen molar-refractivity contribution in [1.29, 1.82) is 0 Å². The van der Waals surface area contributed by atoms with Crippen LogP contribution in [0.1, 0.15) is 51.2 Å². The molecule has 2 aliphatic rings. The normalized spacial score (nSPS) is 15.3. The van der Waals surface area contributed by atoms with Crippen molar-refractivity contribution in [3.63, 3.8) is 0 Å². The topological polar surface area (TPSA) is 74.8 Å². The first kappa shape index (κ1) is 17.5. The zero-order chi connectivity index (χ0) is 20.1. The first-order valence-corrected chi connectivity index (χ1v) is 9.84. The van der Waals surface area contributed by atoms with Crippen molar-refractivity contribution in [2.24, 2.45) is 0 Å². The maximum Gasteiger partial charge on any atom is 0.261 e. The van der Waals surface area contributed by atoms with Crippen LogP contribution >= 0.6 is 11.3 Å². The van der Waals surface area contributed by atoms with Crippen molar-refractivity contribution in [2.75, 3.05) is 0 Å². The average molecular weight is 402 g/mol. The van der Waals surface area contributed by atoms with Gasteiger partial charge in [-0.05, 0) is 36.4 Å². The molecule has 6 nitrogen and oxygen atoms in total. The van der Waals surface area contributed by atoms with Gasteiger partial charge in [-0.1, -0.05) is 24.3 Å². The Hall–Kier alpha value is -3.58. The van der Waals surface area contributed by atoms with Gasteiger partial charge in [-0.2, -0.15) is 0 Å². The number of imide groups is 2. The molecular formula is C22H14N2O4S. The van der Waals surface area contributed by atoms with Crippen molar-refractivity contribution in [2.45, 2.75) is 13.1 Å². The fourth-order valence-electron chi connectivity index (χ4n) is 3.67. The SMILES string of the molecule is O=C1c2ccccc2C(=O)N1Cc1ccc(CN2C(=O)c3ccccc3C2=O)s1. The van der Waals surface area contributed by atoms with E-state index < -0.39 is 0 Å². The van der Waals surface area contributed by atoms with Crippen LogP contribution in [0.15, 0.2) is 60.7 Å². The molecular weight excluding hydrogens is 388 g/mol. The molecule has 2 aliphatic heterocycles. The van der Waals surface area contributed by atoms with Crippen LogP contribution in [0.3, 0.4) is 0 Å². The smallest absolute Gasteiger partial charge is 0.261 e. The molecule has 0 saturated carbocycles. The lowest BCUT2D eigenvalue weighted by Gasteiger charge is -2.13. The van der Waals surface area contributed by atoms with Gasteiger partial charge in [0.05, 0.1) is 35.3 Å². The summed E-state index contributed by atoms with van der Waals surface area (Å²) >= 11 is 1.38. The van der Waals surface area contributed by atoms with Gasteiger partial charge in [0, 0.05) is 9.75 Å². The molecule has 0 radical (unpaired) electrons. The molecule has 2 aromatic carbocycles. The minimum absolute atomic E-state index is 0.166. The number of hydrogen-bond acceptors (Lipinski definition) is 5. The van der Waals surface area contributed by atoms with Crippen LogP contribution in [0.2, 0.25) is 0 Å². The van der Waals surface area contributed by atoms with E-state index in [4.69, 9.17) is 0 Å². The number of carbonyl (C=O) groups excluding carboxylic acids is 4. The standard InChI is InChI=1S/C22H14N2O4S/c25-19-15-5-1-2-6-16(15)20(26)23(19)11-13-9-10-14(29-13)12-24-21(27)17-7-3-4-8-18(17)22(24)28/h1-10H,11-12H2. The third-order valence-electron chi connectivity index (χ3n) is 5.10. The number of benzene rings is 2. The van der Waals surface area contributed by atoms with Crippen LogP contribution in [0.25, 0.3) is 0 Å². The Kier molecular flexibility index (Phi) is 3.92. The van der Waals surface area contributed by atoms with E-state index in [1.165, 1.54) is 21.1 Å². The molecule has 1 aromatic heterocycles. The zero-order valence-electron chi connectivity index (χ0n) is 15.1. The quantitative estimate of drug-likeness (QED) is 0.628. The molecule has 29 heavy (non-hydrogen) atoms. The Morgan fingerprint density at radius 3 is 1.14 bits per heavy atom. The van der Waals surface area contributed by atoms with Gasteiger partial charge in [0.2, 0.25) is 0 Å². The Labute approximate surface area is 170 Å². The maximum atomic E-state index is 12.5. The Bertz CT molecular complexity index is 1050. The Morgan fingerprint density at radius 2 is 0.828 bits per heavy atom. The van der Waals surface area contributed by atoms with E-state index in [0.717, 1.165) is 9.75 Å². The molecule has 0 unspecified atom stereocenters. The molecule has 0 saturated heterocycles. The Balaban J connectivity index is 1.33. The molecule has 4 amide bonds. The Morgan fingerprint density at radius 1 is 0.517 bits per heavy atom. The molecule has 7 heteroatoms. The van der Waals surface area contributed by atoms with E-state index in [0.29, 0.717) is 22.3 Å². The van der Waals surface area contributed by atoms with Gasteiger partial charge in [-0.3, -0.25) is 29.0 Å². The van der Waals surface area contributed by atoms with Crippen LogP contribution in [0.4, 0.5) is 0 Å². The largest absolute Gasteiger partial charge is 0.269 e. The third kappa shape index (κ3) is 2.70. The van der Waals surface area contributed by atoms with E-state index in [1.54, 1.807) is 48.5 Å². The highest BCUT2D eigenvalue weighted by Crippen LogP contribution is 2.29. The van der Waals surface area contributed by atoms with Crippen molar-refractivity contribution < 1.29 is 19.2 Å². The van der Waals surface area contributed by atoms with E-state index in [9.17, 15) is 19.2 Å². The van der Waals surface area contributed by atoms with E-state index in [-0.39, 0.29) is 36.7 Å². The second-order valence-corrected chi connectivity index (χ2v) is 8.10. The van der Waals surface area contributed by atoms with E-state index in [1.807, 2.05) is 12.1 Å². The van der Waals surface area contributed by atoms with Crippen LogP contribution in [0, 0.1) is 0 Å². The lowest BCUT2D eigenvalue weighted by Crippen LogP contribution is -2.29. The van der Waals surface area contributed by atoms with Gasteiger partial charge >= 0.3 is 0 Å². The first-order chi connectivity index (χ1) is 14.0. The third-order valence-corrected chi connectivity index (χ3v) is 6.16. The second-order valence-electron chi connectivity index (χ2n) is 6.85. The number of nitrogens with zero attached hydrogens (tertiary/aromatic N) is 2. The lowest BCUT2D eigenvalue weighted by molar-refractivity contribution is 0.0629. The van der Waals surface area contributed by atoms with Gasteiger partial charge in [-0.15, -0.1) is 11.3 Å². The van der Waals surface area contributed by atoms with Gasteiger partial charge in [-0.25, -0.2) is 0 Å². The molecule has 0 bridgehead atoms. The predicted octanol–water partition coefficient (Wildman–Crippen LogP) is 3.34. The molecule has 5 rings (SSSR count). The number of amides is 4. The van der Waals surface area contributed by atoms with E-state index in [2.05, 4.69) is 0 Å². The summed E-state index contributed by atoms with van der Waals surface area (Å²) in [5.41, 5.74) is 1.67. The number of thiophene rings is 1. The summed E-state index contributed by atoms with van der Waals surface area (Å²) in [6.07, 6.45) is 0. The molecule has 0 fully saturated rings. The van der Waals surface area contributed by atoms with Gasteiger partial charge in [0.25, 0.3) is 23.6 Å². The highest BCUT2D eigenvalue weighted by molar-refractivity contribution is 7.12. The maximum absolute atomic E-state index is 12.5. The molecule has 3 aromatic rings. The molecule has 142 valence electrons. The lowest BCUT2D eigenvalue weighted by atomic mass is 10.1. The fraction of sp³-hybridized carbons (Fsp3) is 0.0909. The summed E-state index contributed by atoms with van der Waals surface area (Å²) in [6, 6.07) is 17.2. The summed E-state index contributed by atoms with van der Waals surface area (Å²) in [4.78, 5) is 54.2. The van der Waals surface area contributed by atoms with E-state index >= 15 is 0 Å². The average Bonchev–Trinajstić information content (AvgIpc) is 3.36. The van der Waals surface area contributed by atoms with Crippen LogP contribution < -0.4 is 0 Å². The minimum Gasteiger partial charge on any atom is -0.269 e. The van der Waals surface area contributed by atoms with Crippen molar-refractivity contribution in [3.8, 4) is 0 Å². The van der Waals surface area contributed by atoms with Gasteiger partial charge in [0.1, 0.15) is 0 Å². The molecule has 3 heterocycles. The first-order valence-electron chi connectivity index (χ1n) is 9.02. The summed E-state index contributed by atoms with van der Waals surface area (Å²) in [6.45, 7) is 0.332. The van der Waals surface area contributed by atoms with Gasteiger partial charge in [0.15, 0.2) is 0 Å². The van der Waals surface area contributed by atoms with Gasteiger partial charge < -0.3 is 0 Å². The van der Waals surface area contributed by atoms with Crippen molar-refractivity contribution >= 4 is 35.0 Å². The second kappa shape index (κ2) is 6.49. The number of fused-ring (bicyclic) bond motifs is 2.